The van der Waals surface area contributed by atoms with E-state index < -0.39 is 0 Å². The average molecular weight is 320 g/mol. The maximum absolute atomic E-state index is 11.5. The summed E-state index contributed by atoms with van der Waals surface area (Å²) in [5.74, 6) is 2.16. The van der Waals surface area contributed by atoms with Gasteiger partial charge in [-0.25, -0.2) is 0 Å². The van der Waals surface area contributed by atoms with Crippen LogP contribution in [0.25, 0.3) is 0 Å². The van der Waals surface area contributed by atoms with Crippen LogP contribution in [0, 0.1) is 11.3 Å². The van der Waals surface area contributed by atoms with Gasteiger partial charge in [0.2, 0.25) is 6.79 Å². The summed E-state index contributed by atoms with van der Waals surface area (Å²) in [5.41, 5.74) is 1.27. The number of carbonyl (C=O) groups excluding carboxylic acids is 1. The lowest BCUT2D eigenvalue weighted by atomic mass is 9.80. The molecule has 4 heteroatoms. The normalized spacial score (nSPS) is 14.6. The standard InChI is InChI=1S/C19H28O4/c1-5-14(8-9-19(2,3)12-18(20)21-4)10-15-6-7-16-17(11-15)23-13-22-16/h6-7,11,14H,5,8-10,12-13H2,1-4H3/t14-/m0/s1. The molecule has 23 heavy (non-hydrogen) atoms. The minimum atomic E-state index is -0.126. The fourth-order valence-corrected chi connectivity index (χ4v) is 3.00. The molecule has 0 spiro atoms. The number of rotatable bonds is 8. The number of benzene rings is 1. The Morgan fingerprint density at radius 3 is 2.74 bits per heavy atom. The van der Waals surface area contributed by atoms with Crippen molar-refractivity contribution in [3.63, 3.8) is 0 Å². The first kappa shape index (κ1) is 17.6. The molecular weight excluding hydrogens is 292 g/mol. The zero-order valence-corrected chi connectivity index (χ0v) is 14.7. The van der Waals surface area contributed by atoms with E-state index in [0.29, 0.717) is 19.1 Å². The molecule has 0 N–H and O–H groups in total. The van der Waals surface area contributed by atoms with Gasteiger partial charge in [0.15, 0.2) is 11.5 Å². The molecule has 0 bridgehead atoms. The highest BCUT2D eigenvalue weighted by Gasteiger charge is 2.24. The second-order valence-electron chi connectivity index (χ2n) is 7.12. The van der Waals surface area contributed by atoms with Crippen molar-refractivity contribution in [2.24, 2.45) is 11.3 Å². The lowest BCUT2D eigenvalue weighted by Gasteiger charge is -2.26. The van der Waals surface area contributed by atoms with Crippen LogP contribution in [0.1, 0.15) is 52.0 Å². The topological polar surface area (TPSA) is 44.8 Å². The van der Waals surface area contributed by atoms with Crippen molar-refractivity contribution in [1.29, 1.82) is 0 Å². The number of hydrogen-bond donors (Lipinski definition) is 0. The van der Waals surface area contributed by atoms with Crippen LogP contribution >= 0.6 is 0 Å². The second kappa shape index (κ2) is 7.71. The number of ether oxygens (including phenoxy) is 3. The van der Waals surface area contributed by atoms with Crippen molar-refractivity contribution < 1.29 is 19.0 Å². The Bertz CT molecular complexity index is 536. The van der Waals surface area contributed by atoms with Crippen LogP contribution < -0.4 is 9.47 Å². The average Bonchev–Trinajstić information content (AvgIpc) is 2.98. The monoisotopic (exact) mass is 320 g/mol. The van der Waals surface area contributed by atoms with Crippen LogP contribution in [-0.2, 0) is 16.0 Å². The van der Waals surface area contributed by atoms with Crippen molar-refractivity contribution in [3.05, 3.63) is 23.8 Å². The molecular formula is C19H28O4. The molecule has 128 valence electrons. The Kier molecular flexibility index (Phi) is 5.91. The van der Waals surface area contributed by atoms with Gasteiger partial charge in [-0.1, -0.05) is 33.3 Å². The molecule has 1 aliphatic heterocycles. The van der Waals surface area contributed by atoms with E-state index in [2.05, 4.69) is 32.9 Å². The van der Waals surface area contributed by atoms with Gasteiger partial charge in [0.05, 0.1) is 13.5 Å². The fourth-order valence-electron chi connectivity index (χ4n) is 3.00. The van der Waals surface area contributed by atoms with Gasteiger partial charge in [-0.3, -0.25) is 4.79 Å². The van der Waals surface area contributed by atoms with Gasteiger partial charge in [-0.05, 0) is 48.3 Å². The van der Waals surface area contributed by atoms with Crippen LogP contribution in [0.5, 0.6) is 11.5 Å². The van der Waals surface area contributed by atoms with Gasteiger partial charge in [0.25, 0.3) is 0 Å². The predicted molar refractivity (Wildman–Crippen MR) is 89.7 cm³/mol. The zero-order valence-electron chi connectivity index (χ0n) is 14.7. The Morgan fingerprint density at radius 1 is 1.30 bits per heavy atom. The first-order chi connectivity index (χ1) is 10.9. The molecule has 4 nitrogen and oxygen atoms in total. The highest BCUT2D eigenvalue weighted by atomic mass is 16.7. The Labute approximate surface area is 139 Å². The molecule has 1 aliphatic rings. The number of fused-ring (bicyclic) bond motifs is 1. The van der Waals surface area contributed by atoms with Crippen LogP contribution in [0.3, 0.4) is 0 Å². The van der Waals surface area contributed by atoms with E-state index in [1.54, 1.807) is 0 Å². The summed E-state index contributed by atoms with van der Waals surface area (Å²) in [6.07, 6.45) is 4.76. The molecule has 0 saturated carbocycles. The minimum absolute atomic E-state index is 0.0185. The quantitative estimate of drug-likeness (QED) is 0.668. The SMILES string of the molecule is CC[C@@H](CCC(C)(C)CC(=O)OC)Cc1ccc2c(c1)OCO2. The van der Waals surface area contributed by atoms with E-state index in [9.17, 15) is 4.79 Å². The van der Waals surface area contributed by atoms with Gasteiger partial charge < -0.3 is 14.2 Å². The zero-order chi connectivity index (χ0) is 16.9. The third kappa shape index (κ3) is 5.15. The van der Waals surface area contributed by atoms with Gasteiger partial charge in [0.1, 0.15) is 0 Å². The van der Waals surface area contributed by atoms with E-state index in [-0.39, 0.29) is 11.4 Å². The molecule has 1 atom stereocenters. The molecule has 0 saturated heterocycles. The third-order valence-corrected chi connectivity index (χ3v) is 4.62. The fraction of sp³-hybridized carbons (Fsp3) is 0.632. The first-order valence-electron chi connectivity index (χ1n) is 8.39. The molecule has 1 aromatic rings. The summed E-state index contributed by atoms with van der Waals surface area (Å²) in [5, 5.41) is 0. The number of esters is 1. The van der Waals surface area contributed by atoms with E-state index in [1.807, 2.05) is 6.07 Å². The van der Waals surface area contributed by atoms with E-state index in [0.717, 1.165) is 37.2 Å². The van der Waals surface area contributed by atoms with Crippen LogP contribution in [0.2, 0.25) is 0 Å². The van der Waals surface area contributed by atoms with Gasteiger partial charge in [-0.2, -0.15) is 0 Å². The molecule has 0 amide bonds. The molecule has 0 aromatic heterocycles. The van der Waals surface area contributed by atoms with Crippen molar-refractivity contribution in [2.45, 2.75) is 52.9 Å². The molecule has 0 fully saturated rings. The third-order valence-electron chi connectivity index (χ3n) is 4.62. The summed E-state index contributed by atoms with van der Waals surface area (Å²) < 4.78 is 15.6. The maximum Gasteiger partial charge on any atom is 0.306 e. The Hall–Kier alpha value is -1.71. The lowest BCUT2D eigenvalue weighted by Crippen LogP contribution is -2.19. The van der Waals surface area contributed by atoms with Crippen LogP contribution in [0.4, 0.5) is 0 Å². The number of hydrogen-bond acceptors (Lipinski definition) is 4. The van der Waals surface area contributed by atoms with Crippen molar-refractivity contribution >= 4 is 5.97 Å². The van der Waals surface area contributed by atoms with Crippen molar-refractivity contribution in [2.75, 3.05) is 13.9 Å². The highest BCUT2D eigenvalue weighted by Crippen LogP contribution is 2.35. The minimum Gasteiger partial charge on any atom is -0.469 e. The van der Waals surface area contributed by atoms with E-state index >= 15 is 0 Å². The van der Waals surface area contributed by atoms with E-state index in [1.165, 1.54) is 12.7 Å². The van der Waals surface area contributed by atoms with E-state index in [4.69, 9.17) is 14.2 Å². The molecule has 2 rings (SSSR count). The van der Waals surface area contributed by atoms with Gasteiger partial charge in [-0.15, -0.1) is 0 Å². The summed E-state index contributed by atoms with van der Waals surface area (Å²) in [6.45, 7) is 6.82. The highest BCUT2D eigenvalue weighted by molar-refractivity contribution is 5.69. The van der Waals surface area contributed by atoms with Gasteiger partial charge in [0, 0.05) is 0 Å². The Morgan fingerprint density at radius 2 is 2.04 bits per heavy atom. The lowest BCUT2D eigenvalue weighted by molar-refractivity contribution is -0.143. The largest absolute Gasteiger partial charge is 0.469 e. The molecule has 0 aliphatic carbocycles. The molecule has 0 radical (unpaired) electrons. The van der Waals surface area contributed by atoms with Crippen molar-refractivity contribution in [3.8, 4) is 11.5 Å². The molecule has 0 unspecified atom stereocenters. The number of methoxy groups -OCH3 is 1. The predicted octanol–water partition coefficient (Wildman–Crippen LogP) is 4.35. The smallest absolute Gasteiger partial charge is 0.306 e. The maximum atomic E-state index is 11.5. The number of carbonyl (C=O) groups is 1. The first-order valence-corrected chi connectivity index (χ1v) is 8.39. The van der Waals surface area contributed by atoms with Gasteiger partial charge >= 0.3 is 5.97 Å². The molecule has 1 aromatic carbocycles. The van der Waals surface area contributed by atoms with Crippen LogP contribution in [0.15, 0.2) is 18.2 Å². The summed E-state index contributed by atoms with van der Waals surface area (Å²) >= 11 is 0. The summed E-state index contributed by atoms with van der Waals surface area (Å²) in [4.78, 5) is 11.5. The Balaban J connectivity index is 1.89. The second-order valence-corrected chi connectivity index (χ2v) is 7.12. The summed E-state index contributed by atoms with van der Waals surface area (Å²) in [7, 11) is 1.45. The summed E-state index contributed by atoms with van der Waals surface area (Å²) in [6, 6.07) is 6.20. The van der Waals surface area contributed by atoms with Crippen molar-refractivity contribution in [1.82, 2.24) is 0 Å². The van der Waals surface area contributed by atoms with Crippen LogP contribution in [-0.4, -0.2) is 19.9 Å². The molecule has 1 heterocycles.